The molecule has 6 rings (SSSR count). The lowest BCUT2D eigenvalue weighted by Gasteiger charge is -2.35. The van der Waals surface area contributed by atoms with E-state index in [0.29, 0.717) is 24.7 Å². The maximum absolute atomic E-state index is 12.4. The number of imide groups is 1. The van der Waals surface area contributed by atoms with E-state index in [1.54, 1.807) is 11.3 Å². The maximum atomic E-state index is 12.4. The lowest BCUT2D eigenvalue weighted by molar-refractivity contribution is -0.137. The van der Waals surface area contributed by atoms with Gasteiger partial charge in [0.05, 0.1) is 21.6 Å². The predicted octanol–water partition coefficient (Wildman–Crippen LogP) is 3.22. The number of nitrogens with one attached hydrogen (secondary N) is 1. The van der Waals surface area contributed by atoms with Crippen molar-refractivity contribution in [3.05, 3.63) is 51.6 Å². The number of aromatic nitrogens is 2. The van der Waals surface area contributed by atoms with Gasteiger partial charge in [-0.05, 0) is 46.2 Å². The Kier molecular flexibility index (Phi) is 6.18. The van der Waals surface area contributed by atoms with E-state index in [4.69, 9.17) is 24.2 Å². The number of hydrogen-bond acceptors (Lipinski definition) is 9. The van der Waals surface area contributed by atoms with Crippen molar-refractivity contribution in [1.82, 2.24) is 25.1 Å². The fourth-order valence-electron chi connectivity index (χ4n) is 5.30. The number of thiophene rings is 1. The number of benzene rings is 1. The molecule has 2 fully saturated rings. The summed E-state index contributed by atoms with van der Waals surface area (Å²) >= 11 is 12.6. The Morgan fingerprint density at radius 1 is 1.14 bits per heavy atom. The summed E-state index contributed by atoms with van der Waals surface area (Å²) in [6.07, 6.45) is 0.919. The first kappa shape index (κ1) is 23.2. The molecule has 0 radical (unpaired) electrons. The van der Waals surface area contributed by atoms with Crippen molar-refractivity contribution in [2.24, 2.45) is 0 Å². The molecule has 1 N–H and O–H groups in total. The number of piperazine rings is 1. The molecule has 35 heavy (non-hydrogen) atoms. The predicted molar refractivity (Wildman–Crippen MR) is 140 cm³/mol. The number of anilines is 1. The minimum atomic E-state index is -0.316. The van der Waals surface area contributed by atoms with Gasteiger partial charge in [0.2, 0.25) is 17.1 Å². The fourth-order valence-corrected chi connectivity index (χ4v) is 6.81. The minimum absolute atomic E-state index is 0.139. The molecular weight excluding hydrogens is 504 g/mol. The van der Waals surface area contributed by atoms with Gasteiger partial charge >= 0.3 is 0 Å². The van der Waals surface area contributed by atoms with E-state index >= 15 is 0 Å². The van der Waals surface area contributed by atoms with E-state index in [1.807, 2.05) is 11.4 Å². The molecule has 2 unspecified atom stereocenters. The van der Waals surface area contributed by atoms with E-state index in [1.165, 1.54) is 11.1 Å². The Morgan fingerprint density at radius 3 is 2.77 bits per heavy atom. The zero-order valence-corrected chi connectivity index (χ0v) is 21.5. The van der Waals surface area contributed by atoms with Gasteiger partial charge in [0.25, 0.3) is 0 Å². The maximum Gasteiger partial charge on any atom is 0.243 e. The van der Waals surface area contributed by atoms with Gasteiger partial charge in [-0.1, -0.05) is 18.2 Å². The van der Waals surface area contributed by atoms with Crippen LogP contribution in [0.4, 0.5) is 5.82 Å². The van der Waals surface area contributed by atoms with E-state index in [2.05, 4.69) is 48.2 Å². The largest absolute Gasteiger partial charge is 0.353 e. The topological polar surface area (TPSA) is 81.7 Å². The molecule has 3 aliphatic rings. The average Bonchev–Trinajstić information content (AvgIpc) is 3.43. The second-order valence-electron chi connectivity index (χ2n) is 9.26. The summed E-state index contributed by atoms with van der Waals surface area (Å²) in [5.41, 5.74) is 4.52. The lowest BCUT2D eigenvalue weighted by atomic mass is 10.0. The van der Waals surface area contributed by atoms with E-state index < -0.39 is 0 Å². The second kappa shape index (κ2) is 9.33. The molecule has 8 nitrogen and oxygen atoms in total. The number of carbonyl (C=O) groups is 2. The molecule has 0 saturated carbocycles. The van der Waals surface area contributed by atoms with Gasteiger partial charge in [-0.3, -0.25) is 24.7 Å². The third kappa shape index (κ3) is 4.42. The number of hydrogen-bond donors (Lipinski definition) is 2. The molecule has 2 amide bonds. The second-order valence-corrected chi connectivity index (χ2v) is 11.0. The Morgan fingerprint density at radius 2 is 1.97 bits per heavy atom. The molecule has 3 aromatic rings. The number of rotatable bonds is 4. The molecule has 11 heteroatoms. The Bertz CT molecular complexity index is 1310. The standard InChI is InChI=1S/C24H25ClN6O2S2/c25-24-26-17-5-10-35-20(17)21(28-24)30-8-6-29(7-9-30)12-14-1-2-16-15(11-14)13-31(23(16)34)18-3-4-19(32)27-22(18)33/h1-2,5,10-11,18,23,34H,3-4,6-9,12-13H2,(H,27,32,33). The van der Waals surface area contributed by atoms with Gasteiger partial charge < -0.3 is 4.90 Å². The highest BCUT2D eigenvalue weighted by Gasteiger charge is 2.39. The van der Waals surface area contributed by atoms with Crippen LogP contribution >= 0.6 is 35.6 Å². The highest BCUT2D eigenvalue weighted by molar-refractivity contribution is 7.80. The summed E-state index contributed by atoms with van der Waals surface area (Å²) in [5.74, 6) is 0.528. The number of piperidine rings is 1. The van der Waals surface area contributed by atoms with Crippen molar-refractivity contribution < 1.29 is 9.59 Å². The van der Waals surface area contributed by atoms with E-state index in [9.17, 15) is 9.59 Å². The number of carbonyl (C=O) groups excluding carboxylic acids is 2. The monoisotopic (exact) mass is 528 g/mol. The zero-order chi connectivity index (χ0) is 24.1. The third-order valence-electron chi connectivity index (χ3n) is 7.10. The number of nitrogens with zero attached hydrogens (tertiary/aromatic N) is 5. The van der Waals surface area contributed by atoms with Crippen molar-refractivity contribution in [3.8, 4) is 0 Å². The van der Waals surface area contributed by atoms with Crippen LogP contribution < -0.4 is 10.2 Å². The number of amides is 2. The van der Waals surface area contributed by atoms with Crippen molar-refractivity contribution in [2.45, 2.75) is 37.3 Å². The van der Waals surface area contributed by atoms with Crippen LogP contribution in [0.5, 0.6) is 0 Å². The Balaban J connectivity index is 1.11. The average molecular weight is 529 g/mol. The molecule has 182 valence electrons. The summed E-state index contributed by atoms with van der Waals surface area (Å²) in [4.78, 5) is 39.6. The highest BCUT2D eigenvalue weighted by Crippen LogP contribution is 2.39. The summed E-state index contributed by atoms with van der Waals surface area (Å²) in [5, 5.41) is 4.65. The quantitative estimate of drug-likeness (QED) is 0.306. The number of halogens is 1. The van der Waals surface area contributed by atoms with Crippen molar-refractivity contribution in [1.29, 1.82) is 0 Å². The van der Waals surface area contributed by atoms with Gasteiger partial charge in [-0.2, -0.15) is 17.6 Å². The molecule has 2 aromatic heterocycles. The van der Waals surface area contributed by atoms with Gasteiger partial charge in [-0.15, -0.1) is 11.3 Å². The van der Waals surface area contributed by atoms with Gasteiger partial charge in [0.1, 0.15) is 0 Å². The Hall–Kier alpha value is -2.24. The van der Waals surface area contributed by atoms with Crippen LogP contribution in [-0.2, 0) is 22.7 Å². The first-order valence-corrected chi connectivity index (χ1v) is 13.5. The molecule has 2 saturated heterocycles. The van der Waals surface area contributed by atoms with Crippen molar-refractivity contribution >= 4 is 63.4 Å². The van der Waals surface area contributed by atoms with E-state index in [0.717, 1.165) is 54.3 Å². The van der Waals surface area contributed by atoms with Crippen LogP contribution in [0.15, 0.2) is 29.6 Å². The van der Waals surface area contributed by atoms with Crippen LogP contribution in [0.25, 0.3) is 10.2 Å². The zero-order valence-electron chi connectivity index (χ0n) is 19.0. The molecule has 3 aliphatic heterocycles. The highest BCUT2D eigenvalue weighted by atomic mass is 35.5. The fraction of sp³-hybridized carbons (Fsp3) is 0.417. The SMILES string of the molecule is O=C1CCC(N2Cc3cc(CN4CCN(c5nc(Cl)nc6ccsc56)CC4)ccc3C2S)C(=O)N1. The smallest absolute Gasteiger partial charge is 0.243 e. The van der Waals surface area contributed by atoms with Gasteiger partial charge in [0, 0.05) is 45.7 Å². The lowest BCUT2D eigenvalue weighted by Crippen LogP contribution is -2.51. The van der Waals surface area contributed by atoms with Crippen molar-refractivity contribution in [2.75, 3.05) is 31.1 Å². The molecule has 0 spiro atoms. The summed E-state index contributed by atoms with van der Waals surface area (Å²) < 4.78 is 1.09. The van der Waals surface area contributed by atoms with Crippen molar-refractivity contribution in [3.63, 3.8) is 0 Å². The van der Waals surface area contributed by atoms with Crippen LogP contribution in [0.1, 0.15) is 34.9 Å². The minimum Gasteiger partial charge on any atom is -0.353 e. The first-order chi connectivity index (χ1) is 17.0. The molecule has 0 bridgehead atoms. The number of thiol groups is 1. The normalized spacial score (nSPS) is 23.7. The van der Waals surface area contributed by atoms with Gasteiger partial charge in [0.15, 0.2) is 5.82 Å². The van der Waals surface area contributed by atoms with E-state index in [-0.39, 0.29) is 23.2 Å². The van der Waals surface area contributed by atoms with Crippen LogP contribution in [0.2, 0.25) is 5.28 Å². The van der Waals surface area contributed by atoms with Gasteiger partial charge in [-0.25, -0.2) is 4.98 Å². The Labute approximate surface area is 217 Å². The molecule has 5 heterocycles. The molecular formula is C24H25ClN6O2S2. The van der Waals surface area contributed by atoms with Crippen LogP contribution in [0.3, 0.4) is 0 Å². The number of fused-ring (bicyclic) bond motifs is 2. The first-order valence-electron chi connectivity index (χ1n) is 11.7. The third-order valence-corrected chi connectivity index (χ3v) is 8.74. The summed E-state index contributed by atoms with van der Waals surface area (Å²) in [6.45, 7) is 5.17. The summed E-state index contributed by atoms with van der Waals surface area (Å²) in [7, 11) is 0. The van der Waals surface area contributed by atoms with Crippen LogP contribution in [0, 0.1) is 0 Å². The molecule has 1 aromatic carbocycles. The molecule has 0 aliphatic carbocycles. The summed E-state index contributed by atoms with van der Waals surface area (Å²) in [6, 6.07) is 8.22. The molecule has 2 atom stereocenters. The van der Waals surface area contributed by atoms with Crippen LogP contribution in [-0.4, -0.2) is 63.8 Å².